The van der Waals surface area contributed by atoms with Gasteiger partial charge in [0.05, 0.1) is 53.2 Å². The molecule has 3 aliphatic heterocycles. The van der Waals surface area contributed by atoms with Crippen molar-refractivity contribution in [2.75, 3.05) is 21.5 Å². The molecule has 3 atom stereocenters. The number of fused-ring (bicyclic) bond motifs is 1. The third-order valence-corrected chi connectivity index (χ3v) is 12.2. The van der Waals surface area contributed by atoms with Gasteiger partial charge in [0.15, 0.2) is 5.60 Å². The van der Waals surface area contributed by atoms with Crippen LogP contribution in [-0.4, -0.2) is 61.0 Å². The molecule has 322 valence electrons. The molecule has 9 rings (SSSR count). The molecule has 4 heterocycles. The lowest BCUT2D eigenvalue weighted by molar-refractivity contribution is -0.139. The molecule has 0 fully saturated rings. The van der Waals surface area contributed by atoms with E-state index in [1.54, 1.807) is 34.7 Å². The zero-order valence-corrected chi connectivity index (χ0v) is 35.4. The van der Waals surface area contributed by atoms with E-state index >= 15 is 0 Å². The van der Waals surface area contributed by atoms with E-state index in [0.29, 0.717) is 60.5 Å². The smallest absolute Gasteiger partial charge is 0.264 e. The standard InChI is InChI=1S/C51H48N8O5/c1-35(13-11-12-30-56-33-46(52-55-56)42(34-60)37-14-5-2-6-15-37)51(64)43-31-41(59-49(62)29-26-45(54-59)39-18-9-4-10-19-39)24-27-47(43)57(50(51)63)32-36-20-22-40(23-21-36)58-48(61)28-25-44(53-58)38-16-7-3-8-17-38/h2-11,13-24,27,31,33,35,42,60,64H,12,25-26,28-30,32,34H2,1H3/b13-11+/t35-,42?,51+/m1/s1. The van der Waals surface area contributed by atoms with Crippen molar-refractivity contribution in [3.63, 3.8) is 0 Å². The summed E-state index contributed by atoms with van der Waals surface area (Å²) in [5.74, 6) is -1.77. The van der Waals surface area contributed by atoms with Crippen LogP contribution >= 0.6 is 0 Å². The van der Waals surface area contributed by atoms with Crippen molar-refractivity contribution in [3.05, 3.63) is 185 Å². The van der Waals surface area contributed by atoms with Crippen LogP contribution in [0.5, 0.6) is 0 Å². The number of carbonyl (C=O) groups excluding carboxylic acids is 3. The largest absolute Gasteiger partial charge is 0.395 e. The van der Waals surface area contributed by atoms with Crippen molar-refractivity contribution >= 4 is 46.2 Å². The van der Waals surface area contributed by atoms with E-state index in [9.17, 15) is 24.6 Å². The maximum Gasteiger partial charge on any atom is 0.264 e. The van der Waals surface area contributed by atoms with Gasteiger partial charge in [-0.2, -0.15) is 10.2 Å². The number of nitrogens with zero attached hydrogens (tertiary/aromatic N) is 8. The Bertz CT molecular complexity index is 2750. The van der Waals surface area contributed by atoms with Crippen molar-refractivity contribution in [1.82, 2.24) is 15.0 Å². The van der Waals surface area contributed by atoms with Crippen LogP contribution in [0.4, 0.5) is 17.1 Å². The van der Waals surface area contributed by atoms with Crippen molar-refractivity contribution in [1.29, 1.82) is 0 Å². The number of hydrazone groups is 2. The average molecular weight is 853 g/mol. The number of aliphatic hydroxyl groups is 2. The number of aromatic nitrogens is 3. The molecule has 64 heavy (non-hydrogen) atoms. The van der Waals surface area contributed by atoms with Crippen LogP contribution in [0.2, 0.25) is 0 Å². The first-order chi connectivity index (χ1) is 31.2. The molecule has 0 bridgehead atoms. The molecular formula is C51H48N8O5. The highest BCUT2D eigenvalue weighted by Gasteiger charge is 2.53. The Hall–Kier alpha value is -7.35. The summed E-state index contributed by atoms with van der Waals surface area (Å²) in [4.78, 5) is 42.8. The Morgan fingerprint density at radius 1 is 0.719 bits per heavy atom. The Kier molecular flexibility index (Phi) is 11.9. The lowest BCUT2D eigenvalue weighted by Crippen LogP contribution is -2.44. The fourth-order valence-electron chi connectivity index (χ4n) is 8.62. The number of benzene rings is 5. The molecule has 0 radical (unpaired) electrons. The molecule has 0 saturated heterocycles. The van der Waals surface area contributed by atoms with Gasteiger partial charge in [-0.15, -0.1) is 5.10 Å². The number of aryl methyl sites for hydroxylation is 1. The molecule has 0 saturated carbocycles. The number of rotatable bonds is 14. The third kappa shape index (κ3) is 8.30. The molecule has 5 aromatic carbocycles. The highest BCUT2D eigenvalue weighted by Crippen LogP contribution is 2.47. The summed E-state index contributed by atoms with van der Waals surface area (Å²) in [6, 6.07) is 41.8. The maximum atomic E-state index is 14.7. The summed E-state index contributed by atoms with van der Waals surface area (Å²) in [6.07, 6.45) is 7.77. The van der Waals surface area contributed by atoms with E-state index < -0.39 is 17.4 Å². The van der Waals surface area contributed by atoms with Crippen molar-refractivity contribution in [2.24, 2.45) is 16.1 Å². The van der Waals surface area contributed by atoms with Gasteiger partial charge in [-0.1, -0.05) is 127 Å². The number of hydrogen-bond donors (Lipinski definition) is 2. The minimum atomic E-state index is -1.99. The van der Waals surface area contributed by atoms with E-state index in [4.69, 9.17) is 10.2 Å². The first kappa shape index (κ1) is 42.0. The predicted molar refractivity (Wildman–Crippen MR) is 246 cm³/mol. The molecule has 1 unspecified atom stereocenters. The molecule has 13 heteroatoms. The van der Waals surface area contributed by atoms with Gasteiger partial charge in [0, 0.05) is 49.9 Å². The Morgan fingerprint density at radius 2 is 1.30 bits per heavy atom. The Morgan fingerprint density at radius 3 is 1.91 bits per heavy atom. The van der Waals surface area contributed by atoms with Crippen LogP contribution in [0.15, 0.2) is 162 Å². The first-order valence-electron chi connectivity index (χ1n) is 21.6. The first-order valence-corrected chi connectivity index (χ1v) is 21.6. The van der Waals surface area contributed by atoms with Gasteiger partial charge in [-0.25, -0.2) is 10.0 Å². The van der Waals surface area contributed by atoms with Crippen molar-refractivity contribution < 1.29 is 24.6 Å². The van der Waals surface area contributed by atoms with Gasteiger partial charge >= 0.3 is 0 Å². The fourth-order valence-corrected chi connectivity index (χ4v) is 8.62. The molecule has 0 aliphatic carbocycles. The number of hydrogen-bond acceptors (Lipinski definition) is 9. The van der Waals surface area contributed by atoms with Crippen molar-refractivity contribution in [2.45, 2.75) is 63.6 Å². The van der Waals surface area contributed by atoms with Gasteiger partial charge in [0.2, 0.25) is 11.8 Å². The lowest BCUT2D eigenvalue weighted by Gasteiger charge is -2.28. The fraction of sp³-hybridized carbons (Fsp3) is 0.235. The van der Waals surface area contributed by atoms with E-state index in [-0.39, 0.29) is 37.3 Å². The summed E-state index contributed by atoms with van der Waals surface area (Å²) in [5.41, 5.74) is 5.86. The monoisotopic (exact) mass is 852 g/mol. The summed E-state index contributed by atoms with van der Waals surface area (Å²) < 4.78 is 1.72. The van der Waals surface area contributed by atoms with Crippen LogP contribution < -0.4 is 14.9 Å². The average Bonchev–Trinajstić information content (AvgIpc) is 3.89. The van der Waals surface area contributed by atoms with Crippen LogP contribution in [0.3, 0.4) is 0 Å². The van der Waals surface area contributed by atoms with Gasteiger partial charge in [-0.05, 0) is 59.0 Å². The molecule has 6 aromatic rings. The highest BCUT2D eigenvalue weighted by molar-refractivity contribution is 6.11. The van der Waals surface area contributed by atoms with Crippen molar-refractivity contribution in [3.8, 4) is 0 Å². The zero-order valence-electron chi connectivity index (χ0n) is 35.4. The van der Waals surface area contributed by atoms with Crippen LogP contribution in [0.1, 0.15) is 78.5 Å². The van der Waals surface area contributed by atoms with E-state index in [1.165, 1.54) is 10.0 Å². The highest BCUT2D eigenvalue weighted by atomic mass is 16.3. The number of anilines is 3. The number of carbonyl (C=O) groups is 3. The molecule has 3 amide bonds. The molecular weight excluding hydrogens is 805 g/mol. The zero-order chi connectivity index (χ0) is 44.2. The lowest BCUT2D eigenvalue weighted by atomic mass is 9.82. The van der Waals surface area contributed by atoms with Gasteiger partial charge in [0.1, 0.15) is 0 Å². The second-order valence-electron chi connectivity index (χ2n) is 16.3. The topological polar surface area (TPSA) is 157 Å². The van der Waals surface area contributed by atoms with E-state index in [1.807, 2.05) is 134 Å². The molecule has 3 aliphatic rings. The van der Waals surface area contributed by atoms with E-state index in [2.05, 4.69) is 10.3 Å². The second kappa shape index (κ2) is 18.2. The molecule has 0 spiro atoms. The van der Waals surface area contributed by atoms with Gasteiger partial charge < -0.3 is 15.1 Å². The van der Waals surface area contributed by atoms with Crippen LogP contribution in [-0.2, 0) is 33.1 Å². The normalized spacial score (nSPS) is 18.6. The second-order valence-corrected chi connectivity index (χ2v) is 16.3. The van der Waals surface area contributed by atoms with Gasteiger partial charge in [0.25, 0.3) is 5.91 Å². The maximum absolute atomic E-state index is 14.7. The number of amides is 3. The summed E-state index contributed by atoms with van der Waals surface area (Å²) in [6.45, 7) is 2.33. The Balaban J connectivity index is 0.981. The minimum absolute atomic E-state index is 0.101. The van der Waals surface area contributed by atoms with E-state index in [0.717, 1.165) is 33.7 Å². The minimum Gasteiger partial charge on any atom is -0.395 e. The number of aliphatic hydroxyl groups excluding tert-OH is 1. The third-order valence-electron chi connectivity index (χ3n) is 12.2. The van der Waals surface area contributed by atoms with Crippen LogP contribution in [0.25, 0.3) is 0 Å². The van der Waals surface area contributed by atoms with Crippen LogP contribution in [0, 0.1) is 5.92 Å². The molecule has 13 nitrogen and oxygen atoms in total. The Labute approximate surface area is 371 Å². The quantitative estimate of drug-likeness (QED) is 0.108. The number of allylic oxidation sites excluding steroid dienone is 1. The molecule has 2 N–H and O–H groups in total. The molecule has 1 aromatic heterocycles. The predicted octanol–water partition coefficient (Wildman–Crippen LogP) is 7.48. The summed E-state index contributed by atoms with van der Waals surface area (Å²) in [7, 11) is 0. The summed E-state index contributed by atoms with van der Waals surface area (Å²) >= 11 is 0. The SMILES string of the molecule is C[C@H](/C=C/CCn1cc(C(CO)c2ccccc2)nn1)[C@@]1(O)C(=O)N(Cc2ccc(N3N=C(c4ccccc4)CCC3=O)cc2)c2ccc(N3N=C(c4ccccc4)CCC3=O)cc21. The van der Waals surface area contributed by atoms with Gasteiger partial charge in [-0.3, -0.25) is 19.1 Å². The summed E-state index contributed by atoms with van der Waals surface area (Å²) in [5, 5.41) is 43.8.